The monoisotopic (exact) mass is 354 g/mol. The molecule has 114 valence electrons. The molecule has 1 aromatic carbocycles. The Labute approximate surface area is 132 Å². The highest BCUT2D eigenvalue weighted by Gasteiger charge is 2.23. The average Bonchev–Trinajstić information content (AvgIpc) is 2.47. The number of benzene rings is 1. The highest BCUT2D eigenvalue weighted by atomic mass is 79.9. The third kappa shape index (κ3) is 3.32. The first kappa shape index (κ1) is 14.7. The Balaban J connectivity index is 1.74. The highest BCUT2D eigenvalue weighted by molar-refractivity contribution is 9.10. The lowest BCUT2D eigenvalue weighted by molar-refractivity contribution is 0.0924. The van der Waals surface area contributed by atoms with Gasteiger partial charge in [0.25, 0.3) is 5.91 Å². The van der Waals surface area contributed by atoms with Crippen LogP contribution >= 0.6 is 15.9 Å². The zero-order valence-electron chi connectivity index (χ0n) is 11.9. The molecule has 2 heterocycles. The SMILES string of the molecule is CC1CC(NC(=O)c2cc(Br)c3c(c2)OCCO3)CCN1. The molecule has 6 heteroatoms. The molecular weight excluding hydrogens is 336 g/mol. The van der Waals surface area contributed by atoms with Crippen LogP contribution in [-0.2, 0) is 0 Å². The van der Waals surface area contributed by atoms with E-state index in [1.54, 1.807) is 12.1 Å². The van der Waals surface area contributed by atoms with Gasteiger partial charge in [0.05, 0.1) is 4.47 Å². The molecule has 3 rings (SSSR count). The Kier molecular flexibility index (Phi) is 4.35. The van der Waals surface area contributed by atoms with Gasteiger partial charge in [0.15, 0.2) is 11.5 Å². The van der Waals surface area contributed by atoms with Crippen LogP contribution in [0.1, 0.15) is 30.1 Å². The summed E-state index contributed by atoms with van der Waals surface area (Å²) in [6, 6.07) is 4.20. The Morgan fingerprint density at radius 3 is 3.00 bits per heavy atom. The first-order valence-corrected chi connectivity index (χ1v) is 8.06. The zero-order chi connectivity index (χ0) is 14.8. The maximum absolute atomic E-state index is 12.4. The van der Waals surface area contributed by atoms with E-state index in [1.165, 1.54) is 0 Å². The van der Waals surface area contributed by atoms with Gasteiger partial charge in [-0.1, -0.05) is 0 Å². The van der Waals surface area contributed by atoms with Crippen molar-refractivity contribution >= 4 is 21.8 Å². The van der Waals surface area contributed by atoms with Gasteiger partial charge < -0.3 is 20.1 Å². The van der Waals surface area contributed by atoms with E-state index in [9.17, 15) is 4.79 Å². The predicted octanol–water partition coefficient (Wildman–Crippen LogP) is 2.09. The Bertz CT molecular complexity index is 550. The minimum Gasteiger partial charge on any atom is -0.486 e. The van der Waals surface area contributed by atoms with Crippen LogP contribution in [0.4, 0.5) is 0 Å². The van der Waals surface area contributed by atoms with Crippen molar-refractivity contribution < 1.29 is 14.3 Å². The molecule has 2 unspecified atom stereocenters. The van der Waals surface area contributed by atoms with E-state index in [4.69, 9.17) is 9.47 Å². The summed E-state index contributed by atoms with van der Waals surface area (Å²) >= 11 is 3.44. The summed E-state index contributed by atoms with van der Waals surface area (Å²) in [5.74, 6) is 1.24. The second-order valence-electron chi connectivity index (χ2n) is 5.53. The van der Waals surface area contributed by atoms with E-state index >= 15 is 0 Å². The fraction of sp³-hybridized carbons (Fsp3) is 0.533. The van der Waals surface area contributed by atoms with E-state index in [1.807, 2.05) is 0 Å². The third-order valence-corrected chi connectivity index (χ3v) is 4.41. The molecule has 2 atom stereocenters. The van der Waals surface area contributed by atoms with Crippen LogP contribution in [0, 0.1) is 0 Å². The summed E-state index contributed by atoms with van der Waals surface area (Å²) in [5, 5.41) is 6.48. The quantitative estimate of drug-likeness (QED) is 0.853. The molecule has 2 aliphatic rings. The number of ether oxygens (including phenoxy) is 2. The second kappa shape index (κ2) is 6.23. The van der Waals surface area contributed by atoms with E-state index in [0.717, 1.165) is 23.9 Å². The molecule has 1 aromatic rings. The molecule has 2 aliphatic heterocycles. The summed E-state index contributed by atoms with van der Waals surface area (Å²) in [4.78, 5) is 12.4. The molecule has 0 aromatic heterocycles. The minimum atomic E-state index is -0.0632. The van der Waals surface area contributed by atoms with Crippen molar-refractivity contribution in [2.24, 2.45) is 0 Å². The summed E-state index contributed by atoms with van der Waals surface area (Å²) in [6.45, 7) is 4.12. The lowest BCUT2D eigenvalue weighted by Gasteiger charge is -2.28. The van der Waals surface area contributed by atoms with Gasteiger partial charge in [-0.3, -0.25) is 4.79 Å². The standard InChI is InChI=1S/C15H19BrN2O3/c1-9-6-11(2-3-17-9)18-15(19)10-7-12(16)14-13(8-10)20-4-5-21-14/h7-9,11,17H,2-6H2,1H3,(H,18,19). The van der Waals surface area contributed by atoms with Crippen LogP contribution < -0.4 is 20.1 Å². The fourth-order valence-electron chi connectivity index (χ4n) is 2.77. The van der Waals surface area contributed by atoms with Gasteiger partial charge in [-0.25, -0.2) is 0 Å². The number of hydrogen-bond donors (Lipinski definition) is 2. The van der Waals surface area contributed by atoms with Gasteiger partial charge in [0, 0.05) is 17.6 Å². The predicted molar refractivity (Wildman–Crippen MR) is 83.1 cm³/mol. The number of carbonyl (C=O) groups excluding carboxylic acids is 1. The Hall–Kier alpha value is -1.27. The summed E-state index contributed by atoms with van der Waals surface area (Å²) < 4.78 is 11.9. The normalized spacial score (nSPS) is 24.5. The lowest BCUT2D eigenvalue weighted by atomic mass is 10.00. The number of hydrogen-bond acceptors (Lipinski definition) is 4. The maximum Gasteiger partial charge on any atom is 0.251 e. The van der Waals surface area contributed by atoms with Crippen LogP contribution in [0.3, 0.4) is 0 Å². The summed E-state index contributed by atoms with van der Waals surface area (Å²) in [7, 11) is 0. The molecule has 1 saturated heterocycles. The molecule has 21 heavy (non-hydrogen) atoms. The van der Waals surface area contributed by atoms with Crippen molar-refractivity contribution in [2.75, 3.05) is 19.8 Å². The van der Waals surface area contributed by atoms with Crippen LogP contribution in [0.2, 0.25) is 0 Å². The first-order valence-electron chi connectivity index (χ1n) is 7.27. The molecule has 0 radical (unpaired) electrons. The van der Waals surface area contributed by atoms with Gasteiger partial charge in [0.1, 0.15) is 13.2 Å². The first-order chi connectivity index (χ1) is 10.1. The Morgan fingerprint density at radius 1 is 1.38 bits per heavy atom. The van der Waals surface area contributed by atoms with Crippen molar-refractivity contribution in [1.29, 1.82) is 0 Å². The second-order valence-corrected chi connectivity index (χ2v) is 6.39. The molecule has 0 bridgehead atoms. The van der Waals surface area contributed by atoms with Gasteiger partial charge in [-0.15, -0.1) is 0 Å². The smallest absolute Gasteiger partial charge is 0.251 e. The van der Waals surface area contributed by atoms with Gasteiger partial charge in [-0.05, 0) is 54.4 Å². The number of carbonyl (C=O) groups is 1. The number of amides is 1. The molecule has 5 nitrogen and oxygen atoms in total. The van der Waals surface area contributed by atoms with Crippen molar-refractivity contribution in [3.8, 4) is 11.5 Å². The number of piperidine rings is 1. The number of halogens is 1. The van der Waals surface area contributed by atoms with E-state index < -0.39 is 0 Å². The largest absolute Gasteiger partial charge is 0.486 e. The average molecular weight is 355 g/mol. The van der Waals surface area contributed by atoms with Crippen molar-refractivity contribution in [2.45, 2.75) is 31.8 Å². The maximum atomic E-state index is 12.4. The topological polar surface area (TPSA) is 59.6 Å². The van der Waals surface area contributed by atoms with E-state index in [2.05, 4.69) is 33.5 Å². The number of fused-ring (bicyclic) bond motifs is 1. The van der Waals surface area contributed by atoms with E-state index in [0.29, 0.717) is 36.3 Å². The fourth-order valence-corrected chi connectivity index (χ4v) is 3.33. The summed E-state index contributed by atoms with van der Waals surface area (Å²) in [5.41, 5.74) is 0.595. The molecule has 0 spiro atoms. The number of rotatable bonds is 2. The van der Waals surface area contributed by atoms with Crippen LogP contribution in [0.5, 0.6) is 11.5 Å². The van der Waals surface area contributed by atoms with Crippen LogP contribution in [0.15, 0.2) is 16.6 Å². The molecule has 1 amide bonds. The van der Waals surface area contributed by atoms with Gasteiger partial charge >= 0.3 is 0 Å². The molecule has 2 N–H and O–H groups in total. The molecule has 0 aliphatic carbocycles. The Morgan fingerprint density at radius 2 is 2.19 bits per heavy atom. The third-order valence-electron chi connectivity index (χ3n) is 3.82. The van der Waals surface area contributed by atoms with E-state index in [-0.39, 0.29) is 11.9 Å². The lowest BCUT2D eigenvalue weighted by Crippen LogP contribution is -2.46. The van der Waals surface area contributed by atoms with Crippen molar-refractivity contribution in [3.63, 3.8) is 0 Å². The van der Waals surface area contributed by atoms with Gasteiger partial charge in [0.2, 0.25) is 0 Å². The van der Waals surface area contributed by atoms with Crippen molar-refractivity contribution in [1.82, 2.24) is 10.6 Å². The summed E-state index contributed by atoms with van der Waals surface area (Å²) in [6.07, 6.45) is 1.92. The van der Waals surface area contributed by atoms with Gasteiger partial charge in [-0.2, -0.15) is 0 Å². The number of nitrogens with one attached hydrogen (secondary N) is 2. The highest BCUT2D eigenvalue weighted by Crippen LogP contribution is 2.38. The van der Waals surface area contributed by atoms with Crippen molar-refractivity contribution in [3.05, 3.63) is 22.2 Å². The zero-order valence-corrected chi connectivity index (χ0v) is 13.5. The minimum absolute atomic E-state index is 0.0632. The van der Waals surface area contributed by atoms with Crippen LogP contribution in [0.25, 0.3) is 0 Å². The molecular formula is C15H19BrN2O3. The molecule has 0 saturated carbocycles. The molecule has 1 fully saturated rings. The van der Waals surface area contributed by atoms with Crippen LogP contribution in [-0.4, -0.2) is 37.7 Å².